The molecular formula is C34H40N6O5. The molecule has 2 aliphatic rings. The summed E-state index contributed by atoms with van der Waals surface area (Å²) >= 11 is 0. The molecule has 0 radical (unpaired) electrons. The SMILES string of the molecule is COc1ccc([C@@H](C(=O)NC2CCCCC2)N(C(=O)Cn2nnc(-c3ccc(C)o3)n2)c2cccc3c2CCCC3)cc1OC. The van der Waals surface area contributed by atoms with E-state index < -0.39 is 6.04 Å². The molecule has 0 saturated heterocycles. The zero-order valence-corrected chi connectivity index (χ0v) is 26.1. The van der Waals surface area contributed by atoms with E-state index in [1.807, 2.05) is 31.2 Å². The van der Waals surface area contributed by atoms with Crippen LogP contribution >= 0.6 is 0 Å². The molecule has 1 atom stereocenters. The number of carbonyl (C=O) groups is 2. The van der Waals surface area contributed by atoms with Crippen molar-refractivity contribution in [3.63, 3.8) is 0 Å². The third-order valence-electron chi connectivity index (χ3n) is 8.77. The summed E-state index contributed by atoms with van der Waals surface area (Å²) in [7, 11) is 3.13. The average Bonchev–Trinajstić information content (AvgIpc) is 3.72. The van der Waals surface area contributed by atoms with Gasteiger partial charge in [0.2, 0.25) is 11.7 Å². The molecule has 11 nitrogen and oxygen atoms in total. The predicted octanol–water partition coefficient (Wildman–Crippen LogP) is 5.36. The molecule has 11 heteroatoms. The Hall–Kier alpha value is -4.67. The minimum absolute atomic E-state index is 0.0480. The zero-order chi connectivity index (χ0) is 31.3. The van der Waals surface area contributed by atoms with Gasteiger partial charge in [-0.2, -0.15) is 4.80 Å². The molecule has 1 saturated carbocycles. The number of fused-ring (bicyclic) bond motifs is 1. The monoisotopic (exact) mass is 612 g/mol. The standard InChI is InChI=1S/C34H40N6O5/c1-22-16-18-29(45-22)33-36-38-39(37-33)21-31(41)40(27-15-9-11-23-10-7-8-14-26(23)27)32(34(42)35-25-12-5-4-6-13-25)24-17-19-28(43-2)30(20-24)44-3/h9,11,15-20,25,32H,4-8,10,12-14,21H2,1-3H3,(H,35,42)/t32-/m0/s1. The van der Waals surface area contributed by atoms with E-state index in [1.54, 1.807) is 37.3 Å². The fourth-order valence-electron chi connectivity index (χ4n) is 6.53. The summed E-state index contributed by atoms with van der Waals surface area (Å²) in [6.07, 6.45) is 8.97. The Bertz CT molecular complexity index is 1660. The second kappa shape index (κ2) is 13.5. The molecule has 0 bridgehead atoms. The largest absolute Gasteiger partial charge is 0.493 e. The third kappa shape index (κ3) is 6.57. The first-order chi connectivity index (χ1) is 21.9. The number of methoxy groups -OCH3 is 2. The number of tetrazole rings is 1. The number of benzene rings is 2. The lowest BCUT2D eigenvalue weighted by Crippen LogP contribution is -2.48. The van der Waals surface area contributed by atoms with Crippen LogP contribution in [0.1, 0.15) is 73.4 Å². The average molecular weight is 613 g/mol. The van der Waals surface area contributed by atoms with Crippen molar-refractivity contribution in [3.05, 3.63) is 71.0 Å². The number of aromatic nitrogens is 4. The van der Waals surface area contributed by atoms with Gasteiger partial charge in [-0.3, -0.25) is 14.5 Å². The van der Waals surface area contributed by atoms with Crippen molar-refractivity contribution in [2.45, 2.75) is 83.3 Å². The second-order valence-corrected chi connectivity index (χ2v) is 11.8. The molecule has 2 aromatic heterocycles. The number of hydrogen-bond donors (Lipinski definition) is 1. The molecule has 6 rings (SSSR count). The van der Waals surface area contributed by atoms with E-state index in [0.717, 1.165) is 74.8 Å². The quantitative estimate of drug-likeness (QED) is 0.254. The summed E-state index contributed by atoms with van der Waals surface area (Å²) in [6.45, 7) is 1.61. The number of hydrogen-bond acceptors (Lipinski definition) is 8. The molecule has 0 aliphatic heterocycles. The lowest BCUT2D eigenvalue weighted by molar-refractivity contribution is -0.127. The van der Waals surface area contributed by atoms with Gasteiger partial charge in [0.1, 0.15) is 18.3 Å². The minimum atomic E-state index is -0.983. The van der Waals surface area contributed by atoms with Crippen molar-refractivity contribution in [3.8, 4) is 23.1 Å². The molecular weight excluding hydrogens is 572 g/mol. The molecule has 0 unspecified atom stereocenters. The first kappa shape index (κ1) is 30.4. The van der Waals surface area contributed by atoms with Gasteiger partial charge in [0, 0.05) is 11.7 Å². The van der Waals surface area contributed by atoms with Crippen LogP contribution in [0.15, 0.2) is 52.9 Å². The van der Waals surface area contributed by atoms with E-state index in [-0.39, 0.29) is 30.2 Å². The Morgan fingerprint density at radius 1 is 1.00 bits per heavy atom. The van der Waals surface area contributed by atoms with E-state index >= 15 is 0 Å². The number of furan rings is 1. The van der Waals surface area contributed by atoms with Crippen LogP contribution in [0.4, 0.5) is 5.69 Å². The lowest BCUT2D eigenvalue weighted by atomic mass is 9.89. The topological polar surface area (TPSA) is 125 Å². The minimum Gasteiger partial charge on any atom is -0.493 e. The van der Waals surface area contributed by atoms with Gasteiger partial charge in [-0.1, -0.05) is 37.5 Å². The van der Waals surface area contributed by atoms with E-state index in [1.165, 1.54) is 10.4 Å². The Morgan fingerprint density at radius 3 is 2.56 bits per heavy atom. The number of aryl methyl sites for hydroxylation is 2. The van der Waals surface area contributed by atoms with Crippen LogP contribution in [-0.4, -0.2) is 52.3 Å². The third-order valence-corrected chi connectivity index (χ3v) is 8.77. The molecule has 4 aromatic rings. The number of nitrogens with zero attached hydrogens (tertiary/aromatic N) is 5. The van der Waals surface area contributed by atoms with Gasteiger partial charge >= 0.3 is 0 Å². The van der Waals surface area contributed by atoms with Gasteiger partial charge in [-0.05, 0) is 97.7 Å². The molecule has 236 valence electrons. The highest BCUT2D eigenvalue weighted by molar-refractivity contribution is 6.02. The van der Waals surface area contributed by atoms with Gasteiger partial charge in [-0.25, -0.2) is 0 Å². The number of ether oxygens (including phenoxy) is 2. The summed E-state index contributed by atoms with van der Waals surface area (Å²) < 4.78 is 16.8. The fourth-order valence-corrected chi connectivity index (χ4v) is 6.53. The Morgan fingerprint density at radius 2 is 1.80 bits per heavy atom. The van der Waals surface area contributed by atoms with Crippen LogP contribution in [0.25, 0.3) is 11.6 Å². The number of carbonyl (C=O) groups excluding carboxylic acids is 2. The highest BCUT2D eigenvalue weighted by atomic mass is 16.5. The van der Waals surface area contributed by atoms with Crippen LogP contribution in [-0.2, 0) is 29.0 Å². The van der Waals surface area contributed by atoms with Crippen LogP contribution in [0.3, 0.4) is 0 Å². The normalized spacial score (nSPS) is 15.6. The smallest absolute Gasteiger partial charge is 0.251 e. The molecule has 2 aliphatic carbocycles. The number of anilines is 1. The summed E-state index contributed by atoms with van der Waals surface area (Å²) in [5.74, 6) is 1.90. The highest BCUT2D eigenvalue weighted by Gasteiger charge is 2.37. The summed E-state index contributed by atoms with van der Waals surface area (Å²) in [5.41, 5.74) is 3.62. The maximum atomic E-state index is 14.6. The predicted molar refractivity (Wildman–Crippen MR) is 168 cm³/mol. The van der Waals surface area contributed by atoms with Crippen LogP contribution in [0.5, 0.6) is 11.5 Å². The molecule has 45 heavy (non-hydrogen) atoms. The van der Waals surface area contributed by atoms with Gasteiger partial charge < -0.3 is 19.2 Å². The first-order valence-corrected chi connectivity index (χ1v) is 15.7. The van der Waals surface area contributed by atoms with Gasteiger partial charge in [0.05, 0.1) is 14.2 Å². The van der Waals surface area contributed by atoms with Gasteiger partial charge in [0.25, 0.3) is 5.91 Å². The van der Waals surface area contributed by atoms with E-state index in [2.05, 4.69) is 26.8 Å². The van der Waals surface area contributed by atoms with E-state index in [0.29, 0.717) is 22.8 Å². The summed E-state index contributed by atoms with van der Waals surface area (Å²) in [4.78, 5) is 31.9. The lowest BCUT2D eigenvalue weighted by Gasteiger charge is -2.35. The summed E-state index contributed by atoms with van der Waals surface area (Å²) in [5, 5.41) is 16.0. The Labute approximate surface area is 262 Å². The molecule has 1 N–H and O–H groups in total. The maximum Gasteiger partial charge on any atom is 0.251 e. The van der Waals surface area contributed by atoms with Crippen molar-refractivity contribution >= 4 is 17.5 Å². The van der Waals surface area contributed by atoms with Crippen molar-refractivity contribution in [1.29, 1.82) is 0 Å². The van der Waals surface area contributed by atoms with Gasteiger partial charge in [0.15, 0.2) is 17.3 Å². The molecule has 2 heterocycles. The Kier molecular flexibility index (Phi) is 9.13. The molecule has 0 spiro atoms. The van der Waals surface area contributed by atoms with Crippen molar-refractivity contribution in [2.75, 3.05) is 19.1 Å². The highest BCUT2D eigenvalue weighted by Crippen LogP contribution is 2.38. The van der Waals surface area contributed by atoms with Crippen LogP contribution in [0.2, 0.25) is 0 Å². The Balaban J connectivity index is 1.44. The van der Waals surface area contributed by atoms with Crippen molar-refractivity contribution in [1.82, 2.24) is 25.5 Å². The maximum absolute atomic E-state index is 14.6. The van der Waals surface area contributed by atoms with Crippen LogP contribution < -0.4 is 19.7 Å². The number of amides is 2. The van der Waals surface area contributed by atoms with Gasteiger partial charge in [-0.15, -0.1) is 10.2 Å². The second-order valence-electron chi connectivity index (χ2n) is 11.8. The molecule has 2 amide bonds. The molecule has 2 aromatic carbocycles. The van der Waals surface area contributed by atoms with Crippen molar-refractivity contribution in [2.24, 2.45) is 0 Å². The van der Waals surface area contributed by atoms with E-state index in [4.69, 9.17) is 13.9 Å². The number of nitrogens with one attached hydrogen (secondary N) is 1. The zero-order valence-electron chi connectivity index (χ0n) is 26.1. The summed E-state index contributed by atoms with van der Waals surface area (Å²) in [6, 6.07) is 14.1. The number of rotatable bonds is 10. The van der Waals surface area contributed by atoms with Crippen molar-refractivity contribution < 1.29 is 23.5 Å². The van der Waals surface area contributed by atoms with E-state index in [9.17, 15) is 9.59 Å². The first-order valence-electron chi connectivity index (χ1n) is 15.7. The fraction of sp³-hybridized carbons (Fsp3) is 0.441. The van der Waals surface area contributed by atoms with Crippen LogP contribution in [0, 0.1) is 6.92 Å². The molecule has 1 fully saturated rings.